The molecule has 0 heterocycles. The Morgan fingerprint density at radius 1 is 0.315 bits per heavy atom. The van der Waals surface area contributed by atoms with Crippen LogP contribution in [-0.2, 0) is 16.2 Å². The second-order valence-electron chi connectivity index (χ2n) is 20.5. The van der Waals surface area contributed by atoms with Gasteiger partial charge in [-0.15, -0.1) is 6.42 Å². The highest BCUT2D eigenvalue weighted by Crippen LogP contribution is 2.53. The summed E-state index contributed by atoms with van der Waals surface area (Å²) in [6.45, 7) is 11.4. The van der Waals surface area contributed by atoms with Crippen LogP contribution in [-0.4, -0.2) is 0 Å². The van der Waals surface area contributed by atoms with Crippen LogP contribution in [0.15, 0.2) is 261 Å². The molecule has 0 fully saturated rings. The molecule has 3 aliphatic rings. The smallest absolute Gasteiger partial charge is 0.0793 e. The van der Waals surface area contributed by atoms with Crippen molar-refractivity contribution in [1.29, 1.82) is 0 Å². The van der Waals surface area contributed by atoms with Crippen molar-refractivity contribution < 1.29 is 0 Å². The molecule has 352 valence electrons. The number of hydrogen-bond donors (Lipinski definition) is 0. The third kappa shape index (κ3) is 8.07. The standard InChI is InChI=1S/C22H18.C20H16.C16H12.C15H14/c1-16(19-14-6-10-17-8-2-4-12-21(17)19)20-15-7-11-18-9-3-5-13-22(18)20;1-20(15-9-3-2-4-10-15)18-13-7-5-11-16(18)17-12-6-8-14-19(17)20;1-3-16(2)14-10-6-4-8-12(14)13-9-5-7-11-15(13)16;1-15(2)13-9-5-3-7-11(13)12-8-4-6-10-14(12)15/h2-16H,1H3;2-14H,1H3;1,4-11H,2H3;3-10H,1-2H3. The zero-order valence-electron chi connectivity index (χ0n) is 42.5. The van der Waals surface area contributed by atoms with Crippen molar-refractivity contribution in [1.82, 2.24) is 0 Å². The van der Waals surface area contributed by atoms with E-state index in [-0.39, 0.29) is 16.2 Å². The highest BCUT2D eigenvalue weighted by atomic mass is 14.4. The summed E-state index contributed by atoms with van der Waals surface area (Å²) in [6.07, 6.45) is 5.75. The van der Waals surface area contributed by atoms with E-state index in [9.17, 15) is 0 Å². The molecule has 73 heavy (non-hydrogen) atoms. The SMILES string of the molecule is C#CC1(C)c2ccccc2-c2ccccc21.CC(c1cccc2ccccc12)c1cccc2ccccc12.CC1(C)c2ccccc2-c2ccccc21.CC1(c2ccccc2)c2ccccc2-c2ccccc21. The number of terminal acetylenes is 1. The molecule has 3 aliphatic carbocycles. The van der Waals surface area contributed by atoms with Crippen LogP contribution in [0.25, 0.3) is 54.9 Å². The Labute approximate surface area is 432 Å². The second kappa shape index (κ2) is 19.3. The van der Waals surface area contributed by atoms with E-state index < -0.39 is 0 Å². The number of hydrogen-bond acceptors (Lipinski definition) is 0. The summed E-state index contributed by atoms with van der Waals surface area (Å²) in [6, 6.07) is 93.2. The molecule has 0 unspecified atom stereocenters. The molecule has 14 rings (SSSR count). The van der Waals surface area contributed by atoms with Crippen LogP contribution in [0.2, 0.25) is 0 Å². The van der Waals surface area contributed by atoms with E-state index in [0.29, 0.717) is 5.92 Å². The van der Waals surface area contributed by atoms with Crippen LogP contribution < -0.4 is 0 Å². The normalized spacial score (nSPS) is 14.0. The van der Waals surface area contributed by atoms with Gasteiger partial charge < -0.3 is 0 Å². The van der Waals surface area contributed by atoms with Crippen molar-refractivity contribution in [3.8, 4) is 45.7 Å². The Morgan fingerprint density at radius 3 is 1.03 bits per heavy atom. The highest BCUT2D eigenvalue weighted by molar-refractivity contribution is 5.90. The van der Waals surface area contributed by atoms with Crippen molar-refractivity contribution in [3.05, 3.63) is 311 Å². The summed E-state index contributed by atoms with van der Waals surface area (Å²) in [5, 5.41) is 5.33. The van der Waals surface area contributed by atoms with Gasteiger partial charge >= 0.3 is 0 Å². The largest absolute Gasteiger partial charge is 0.119 e. The van der Waals surface area contributed by atoms with Crippen molar-refractivity contribution in [2.24, 2.45) is 0 Å². The molecular formula is C73H60. The Kier molecular flexibility index (Phi) is 12.4. The third-order valence-corrected chi connectivity index (χ3v) is 16.2. The summed E-state index contributed by atoms with van der Waals surface area (Å²) in [4.78, 5) is 0. The third-order valence-electron chi connectivity index (χ3n) is 16.2. The van der Waals surface area contributed by atoms with Gasteiger partial charge in [0.15, 0.2) is 0 Å². The first-order valence-corrected chi connectivity index (χ1v) is 25.7. The van der Waals surface area contributed by atoms with Gasteiger partial charge in [0, 0.05) is 16.7 Å². The lowest BCUT2D eigenvalue weighted by Gasteiger charge is -2.28. The van der Waals surface area contributed by atoms with Gasteiger partial charge in [-0.1, -0.05) is 288 Å². The summed E-state index contributed by atoms with van der Waals surface area (Å²) < 4.78 is 0. The molecule has 0 nitrogen and oxygen atoms in total. The summed E-state index contributed by atoms with van der Waals surface area (Å²) in [7, 11) is 0. The zero-order chi connectivity index (χ0) is 50.2. The molecular weight excluding hydrogens is 877 g/mol. The van der Waals surface area contributed by atoms with Crippen molar-refractivity contribution in [3.63, 3.8) is 0 Å². The van der Waals surface area contributed by atoms with Gasteiger partial charge in [0.1, 0.15) is 0 Å². The summed E-state index contributed by atoms with van der Waals surface area (Å²) in [5.74, 6) is 3.33. The van der Waals surface area contributed by atoms with Gasteiger partial charge in [-0.05, 0) is 119 Å². The molecule has 0 aliphatic heterocycles. The fourth-order valence-corrected chi connectivity index (χ4v) is 12.2. The van der Waals surface area contributed by atoms with E-state index in [1.165, 1.54) is 105 Å². The van der Waals surface area contributed by atoms with Crippen LogP contribution in [0.5, 0.6) is 0 Å². The molecule has 0 saturated heterocycles. The first-order valence-electron chi connectivity index (χ1n) is 25.7. The quantitative estimate of drug-likeness (QED) is 0.155. The average Bonchev–Trinajstić information content (AvgIpc) is 3.98. The fourth-order valence-electron chi connectivity index (χ4n) is 12.2. The molecule has 0 amide bonds. The number of benzene rings is 11. The van der Waals surface area contributed by atoms with Crippen molar-refractivity contribution in [2.75, 3.05) is 0 Å². The van der Waals surface area contributed by atoms with Crippen LogP contribution in [0, 0.1) is 12.3 Å². The molecule has 0 saturated carbocycles. The maximum atomic E-state index is 5.75. The fraction of sp³-hybridized carbons (Fsp3) is 0.123. The minimum absolute atomic E-state index is 0.0472. The van der Waals surface area contributed by atoms with Gasteiger partial charge in [-0.25, -0.2) is 0 Å². The van der Waals surface area contributed by atoms with Crippen molar-refractivity contribution in [2.45, 2.75) is 56.8 Å². The molecule has 0 N–H and O–H groups in total. The zero-order valence-corrected chi connectivity index (χ0v) is 42.5. The van der Waals surface area contributed by atoms with Crippen LogP contribution in [0.3, 0.4) is 0 Å². The van der Waals surface area contributed by atoms with Gasteiger partial charge in [0.05, 0.1) is 5.41 Å². The Balaban J connectivity index is 0.000000106. The summed E-state index contributed by atoms with van der Waals surface area (Å²) in [5.41, 5.74) is 20.3. The van der Waals surface area contributed by atoms with E-state index in [0.717, 1.165) is 0 Å². The van der Waals surface area contributed by atoms with E-state index in [2.05, 4.69) is 301 Å². The highest BCUT2D eigenvalue weighted by Gasteiger charge is 2.40. The molecule has 0 heteroatoms. The minimum atomic E-state index is -0.271. The lowest BCUT2D eigenvalue weighted by molar-refractivity contribution is 0.660. The molecule has 0 aromatic heterocycles. The predicted molar refractivity (Wildman–Crippen MR) is 310 cm³/mol. The first kappa shape index (κ1) is 46.9. The topological polar surface area (TPSA) is 0 Å². The lowest BCUT2D eigenvalue weighted by Crippen LogP contribution is -2.22. The Morgan fingerprint density at radius 2 is 0.616 bits per heavy atom. The van der Waals surface area contributed by atoms with E-state index in [1.807, 2.05) is 0 Å². The molecule has 0 atom stereocenters. The maximum absolute atomic E-state index is 5.75. The predicted octanol–water partition coefficient (Wildman–Crippen LogP) is 18.8. The monoisotopic (exact) mass is 936 g/mol. The number of fused-ring (bicyclic) bond motifs is 11. The molecule has 11 aromatic carbocycles. The molecule has 11 aromatic rings. The van der Waals surface area contributed by atoms with Gasteiger partial charge in [-0.2, -0.15) is 0 Å². The van der Waals surface area contributed by atoms with Gasteiger partial charge in [-0.3, -0.25) is 0 Å². The van der Waals surface area contributed by atoms with Crippen LogP contribution in [0.4, 0.5) is 0 Å². The Bertz CT molecular complexity index is 3610. The average molecular weight is 937 g/mol. The maximum Gasteiger partial charge on any atom is 0.0793 e. The van der Waals surface area contributed by atoms with Gasteiger partial charge in [0.2, 0.25) is 0 Å². The molecule has 0 radical (unpaired) electrons. The first-order chi connectivity index (χ1) is 35.6. The van der Waals surface area contributed by atoms with Gasteiger partial charge in [0.25, 0.3) is 0 Å². The van der Waals surface area contributed by atoms with E-state index in [1.54, 1.807) is 0 Å². The van der Waals surface area contributed by atoms with Crippen molar-refractivity contribution >= 4 is 21.5 Å². The van der Waals surface area contributed by atoms with Crippen LogP contribution in [0.1, 0.15) is 90.6 Å². The van der Waals surface area contributed by atoms with E-state index in [4.69, 9.17) is 6.42 Å². The lowest BCUT2D eigenvalue weighted by atomic mass is 9.74. The van der Waals surface area contributed by atoms with E-state index >= 15 is 0 Å². The van der Waals surface area contributed by atoms with Crippen LogP contribution >= 0.6 is 0 Å². The second-order valence-corrected chi connectivity index (χ2v) is 20.5. The Hall–Kier alpha value is -8.50. The number of rotatable bonds is 3. The minimum Gasteiger partial charge on any atom is -0.119 e. The molecule has 0 spiro atoms. The summed E-state index contributed by atoms with van der Waals surface area (Å²) >= 11 is 0. The molecule has 0 bridgehead atoms.